The maximum atomic E-state index is 13.1. The van der Waals surface area contributed by atoms with Crippen molar-refractivity contribution in [2.45, 2.75) is 39.5 Å². The molecule has 2 saturated heterocycles. The van der Waals surface area contributed by atoms with Crippen LogP contribution in [0.4, 0.5) is 10.1 Å². The number of amides is 2. The Hall–Kier alpha value is -2.11. The predicted molar refractivity (Wildman–Crippen MR) is 109 cm³/mol. The molecule has 28 heavy (non-hydrogen) atoms. The number of piperidine rings is 1. The Morgan fingerprint density at radius 2 is 1.50 bits per heavy atom. The number of anilines is 1. The van der Waals surface area contributed by atoms with E-state index in [0.717, 1.165) is 44.5 Å². The summed E-state index contributed by atoms with van der Waals surface area (Å²) in [5.74, 6) is 0.402. The van der Waals surface area contributed by atoms with Gasteiger partial charge in [-0.15, -0.1) is 0 Å². The number of halogens is 1. The molecule has 2 aliphatic rings. The average Bonchev–Trinajstić information content (AvgIpc) is 2.75. The monoisotopic (exact) mass is 389 g/mol. The summed E-state index contributed by atoms with van der Waals surface area (Å²) in [4.78, 5) is 31.6. The summed E-state index contributed by atoms with van der Waals surface area (Å²) in [5, 5.41) is 0. The maximum Gasteiger partial charge on any atom is 0.225 e. The Kier molecular flexibility index (Phi) is 6.92. The fourth-order valence-corrected chi connectivity index (χ4v) is 4.34. The Labute approximate surface area is 167 Å². The molecule has 0 aliphatic carbocycles. The maximum absolute atomic E-state index is 13.1. The minimum Gasteiger partial charge on any atom is -0.368 e. The van der Waals surface area contributed by atoms with E-state index >= 15 is 0 Å². The first-order chi connectivity index (χ1) is 13.5. The van der Waals surface area contributed by atoms with Crippen molar-refractivity contribution in [3.8, 4) is 0 Å². The molecule has 0 bridgehead atoms. The summed E-state index contributed by atoms with van der Waals surface area (Å²) < 4.78 is 13.1. The molecule has 0 saturated carbocycles. The van der Waals surface area contributed by atoms with Crippen molar-refractivity contribution in [2.75, 3.05) is 44.2 Å². The Bertz CT molecular complexity index is 659. The van der Waals surface area contributed by atoms with Gasteiger partial charge in [0.15, 0.2) is 0 Å². The van der Waals surface area contributed by atoms with Crippen LogP contribution in [0.1, 0.15) is 39.5 Å². The van der Waals surface area contributed by atoms with Gasteiger partial charge in [0, 0.05) is 56.8 Å². The predicted octanol–water partition coefficient (Wildman–Crippen LogP) is 3.15. The van der Waals surface area contributed by atoms with Gasteiger partial charge in [-0.3, -0.25) is 9.59 Å². The number of hydrogen-bond acceptors (Lipinski definition) is 3. The topological polar surface area (TPSA) is 43.9 Å². The molecular formula is C22H32FN3O2. The fraction of sp³-hybridized carbons (Fsp3) is 0.636. The van der Waals surface area contributed by atoms with Gasteiger partial charge in [0.1, 0.15) is 5.82 Å². The molecule has 2 aliphatic heterocycles. The second-order valence-electron chi connectivity index (χ2n) is 7.90. The number of hydrogen-bond donors (Lipinski definition) is 0. The highest BCUT2D eigenvalue weighted by atomic mass is 19.1. The third kappa shape index (κ3) is 4.65. The summed E-state index contributed by atoms with van der Waals surface area (Å²) in [6.07, 6.45) is 3.30. The van der Waals surface area contributed by atoms with Gasteiger partial charge in [-0.25, -0.2) is 4.39 Å². The molecule has 0 N–H and O–H groups in total. The lowest BCUT2D eigenvalue weighted by Gasteiger charge is -2.39. The summed E-state index contributed by atoms with van der Waals surface area (Å²) >= 11 is 0. The highest BCUT2D eigenvalue weighted by Gasteiger charge is 2.32. The third-order valence-electron chi connectivity index (χ3n) is 6.27. The molecule has 0 aromatic heterocycles. The first-order valence-electron chi connectivity index (χ1n) is 10.6. The molecule has 2 heterocycles. The van der Waals surface area contributed by atoms with E-state index in [1.54, 1.807) is 12.1 Å². The van der Waals surface area contributed by atoms with Gasteiger partial charge in [-0.1, -0.05) is 13.8 Å². The molecular weight excluding hydrogens is 357 g/mol. The van der Waals surface area contributed by atoms with Crippen LogP contribution in [0.3, 0.4) is 0 Å². The summed E-state index contributed by atoms with van der Waals surface area (Å²) in [5.41, 5.74) is 1.00. The van der Waals surface area contributed by atoms with Crippen LogP contribution >= 0.6 is 0 Å². The Balaban J connectivity index is 1.47. The molecule has 0 atom stereocenters. The van der Waals surface area contributed by atoms with Crippen LogP contribution in [0, 0.1) is 17.7 Å². The highest BCUT2D eigenvalue weighted by molar-refractivity contribution is 5.81. The van der Waals surface area contributed by atoms with Crippen molar-refractivity contribution in [1.82, 2.24) is 9.80 Å². The van der Waals surface area contributed by atoms with Crippen LogP contribution in [-0.4, -0.2) is 60.9 Å². The summed E-state index contributed by atoms with van der Waals surface area (Å²) in [6, 6.07) is 6.53. The molecule has 154 valence electrons. The first kappa shape index (κ1) is 20.6. The van der Waals surface area contributed by atoms with Gasteiger partial charge in [0.05, 0.1) is 0 Å². The molecule has 3 rings (SSSR count). The van der Waals surface area contributed by atoms with E-state index in [9.17, 15) is 14.0 Å². The van der Waals surface area contributed by atoms with Crippen molar-refractivity contribution in [2.24, 2.45) is 11.8 Å². The minimum atomic E-state index is -0.230. The van der Waals surface area contributed by atoms with Gasteiger partial charge in [-0.05, 0) is 49.9 Å². The smallest absolute Gasteiger partial charge is 0.225 e. The standard InChI is InChI=1S/C22H32FN3O2/c1-3-17(4-2)21(27)25-11-9-18(10-12-25)22(28)26-15-13-24(14-16-26)20-7-5-19(23)6-8-20/h5-8,17-18H,3-4,9-16H2,1-2H3. The second-order valence-corrected chi connectivity index (χ2v) is 7.90. The van der Waals surface area contributed by atoms with E-state index in [1.165, 1.54) is 12.1 Å². The van der Waals surface area contributed by atoms with E-state index in [1.807, 2.05) is 9.80 Å². The van der Waals surface area contributed by atoms with E-state index in [4.69, 9.17) is 0 Å². The van der Waals surface area contributed by atoms with Crippen molar-refractivity contribution >= 4 is 17.5 Å². The summed E-state index contributed by atoms with van der Waals surface area (Å²) in [7, 11) is 0. The van der Waals surface area contributed by atoms with Crippen LogP contribution < -0.4 is 4.90 Å². The van der Waals surface area contributed by atoms with E-state index in [-0.39, 0.29) is 29.5 Å². The number of carbonyl (C=O) groups is 2. The number of likely N-dealkylation sites (tertiary alicyclic amines) is 1. The third-order valence-corrected chi connectivity index (χ3v) is 6.27. The van der Waals surface area contributed by atoms with Crippen LogP contribution in [-0.2, 0) is 9.59 Å². The summed E-state index contributed by atoms with van der Waals surface area (Å²) in [6.45, 7) is 8.45. The molecule has 6 heteroatoms. The normalized spacial score (nSPS) is 18.6. The average molecular weight is 390 g/mol. The van der Waals surface area contributed by atoms with Gasteiger partial charge >= 0.3 is 0 Å². The number of carbonyl (C=O) groups excluding carboxylic acids is 2. The lowest BCUT2D eigenvalue weighted by Crippen LogP contribution is -2.52. The SMILES string of the molecule is CCC(CC)C(=O)N1CCC(C(=O)N2CCN(c3ccc(F)cc3)CC2)CC1. The van der Waals surface area contributed by atoms with Crippen molar-refractivity contribution in [3.63, 3.8) is 0 Å². The molecule has 0 radical (unpaired) electrons. The van der Waals surface area contributed by atoms with Crippen LogP contribution in [0.5, 0.6) is 0 Å². The Morgan fingerprint density at radius 1 is 0.929 bits per heavy atom. The molecule has 1 aromatic carbocycles. The second kappa shape index (κ2) is 9.39. The van der Waals surface area contributed by atoms with Gasteiger partial charge in [-0.2, -0.15) is 0 Å². The molecule has 2 fully saturated rings. The molecule has 5 nitrogen and oxygen atoms in total. The number of rotatable bonds is 5. The van der Waals surface area contributed by atoms with Crippen LogP contribution in [0.25, 0.3) is 0 Å². The van der Waals surface area contributed by atoms with Gasteiger partial charge in [0.2, 0.25) is 11.8 Å². The molecule has 1 aromatic rings. The van der Waals surface area contributed by atoms with Gasteiger partial charge in [0.25, 0.3) is 0 Å². The van der Waals surface area contributed by atoms with Crippen molar-refractivity contribution in [1.29, 1.82) is 0 Å². The lowest BCUT2D eigenvalue weighted by atomic mass is 9.93. The molecule has 2 amide bonds. The van der Waals surface area contributed by atoms with Gasteiger partial charge < -0.3 is 14.7 Å². The zero-order valence-corrected chi connectivity index (χ0v) is 17.1. The first-order valence-corrected chi connectivity index (χ1v) is 10.6. The van der Waals surface area contributed by atoms with E-state index < -0.39 is 0 Å². The molecule has 0 spiro atoms. The van der Waals surface area contributed by atoms with E-state index in [0.29, 0.717) is 26.2 Å². The lowest BCUT2D eigenvalue weighted by molar-refractivity contribution is -0.142. The fourth-order valence-electron chi connectivity index (χ4n) is 4.34. The van der Waals surface area contributed by atoms with Crippen molar-refractivity contribution < 1.29 is 14.0 Å². The minimum absolute atomic E-state index is 0.0307. The number of piperazine rings is 1. The largest absolute Gasteiger partial charge is 0.368 e. The number of nitrogens with zero attached hydrogens (tertiary/aromatic N) is 3. The Morgan fingerprint density at radius 3 is 2.04 bits per heavy atom. The molecule has 0 unspecified atom stereocenters. The zero-order valence-electron chi connectivity index (χ0n) is 17.1. The quantitative estimate of drug-likeness (QED) is 0.777. The van der Waals surface area contributed by atoms with E-state index in [2.05, 4.69) is 18.7 Å². The van der Waals surface area contributed by atoms with Crippen molar-refractivity contribution in [3.05, 3.63) is 30.1 Å². The number of benzene rings is 1. The highest BCUT2D eigenvalue weighted by Crippen LogP contribution is 2.24. The van der Waals surface area contributed by atoms with Crippen LogP contribution in [0.2, 0.25) is 0 Å². The zero-order chi connectivity index (χ0) is 20.1. The van der Waals surface area contributed by atoms with Crippen LogP contribution in [0.15, 0.2) is 24.3 Å².